The molecule has 1 aromatic rings. The van der Waals surface area contributed by atoms with Crippen LogP contribution in [-0.2, 0) is 0 Å². The molecular weight excluding hydrogens is 348 g/mol. The molecule has 1 aliphatic heterocycles. The predicted molar refractivity (Wildman–Crippen MR) is 76.5 cm³/mol. The van der Waals surface area contributed by atoms with Crippen molar-refractivity contribution in [2.24, 2.45) is 11.7 Å². The quantitative estimate of drug-likeness (QED) is 0.628. The van der Waals surface area contributed by atoms with E-state index in [1.807, 2.05) is 6.07 Å². The van der Waals surface area contributed by atoms with E-state index in [0.29, 0.717) is 0 Å². The number of nitrogens with two attached hydrogens (primary N) is 1. The number of rotatable bonds is 2. The van der Waals surface area contributed by atoms with Crippen LogP contribution in [0.5, 0.6) is 0 Å². The molecule has 0 amide bonds. The maximum atomic E-state index is 7.54. The highest BCUT2D eigenvalue weighted by Crippen LogP contribution is 2.29. The zero-order chi connectivity index (χ0) is 12.4. The van der Waals surface area contributed by atoms with E-state index in [-0.39, 0.29) is 11.8 Å². The van der Waals surface area contributed by atoms with Gasteiger partial charge in [0.05, 0.1) is 10.3 Å². The highest BCUT2D eigenvalue weighted by molar-refractivity contribution is 9.11. The van der Waals surface area contributed by atoms with E-state index in [2.05, 4.69) is 41.7 Å². The van der Waals surface area contributed by atoms with E-state index in [1.165, 1.54) is 0 Å². The molecule has 0 saturated carbocycles. The van der Waals surface area contributed by atoms with Gasteiger partial charge in [-0.3, -0.25) is 5.41 Å². The van der Waals surface area contributed by atoms with E-state index in [9.17, 15) is 0 Å². The smallest absolute Gasteiger partial charge is 0.142 e. The lowest BCUT2D eigenvalue weighted by molar-refractivity contribution is 0.499. The van der Waals surface area contributed by atoms with E-state index in [0.717, 1.165) is 40.7 Å². The van der Waals surface area contributed by atoms with Crippen molar-refractivity contribution in [2.75, 3.05) is 18.0 Å². The summed E-state index contributed by atoms with van der Waals surface area (Å²) < 4.78 is 1.92. The van der Waals surface area contributed by atoms with Gasteiger partial charge in [-0.25, -0.2) is 4.98 Å². The fraction of sp³-hybridized carbons (Fsp3) is 0.455. The number of pyridine rings is 1. The van der Waals surface area contributed by atoms with E-state index in [4.69, 9.17) is 11.1 Å². The summed E-state index contributed by atoms with van der Waals surface area (Å²) in [5.74, 6) is 1.36. The number of nitrogens with zero attached hydrogens (tertiary/aromatic N) is 2. The lowest BCUT2D eigenvalue weighted by Gasteiger charge is -2.33. The van der Waals surface area contributed by atoms with Crippen LogP contribution in [0.3, 0.4) is 0 Å². The molecule has 6 heteroatoms. The van der Waals surface area contributed by atoms with Crippen LogP contribution in [0.15, 0.2) is 21.2 Å². The average molecular weight is 362 g/mol. The molecule has 1 atom stereocenters. The van der Waals surface area contributed by atoms with Crippen molar-refractivity contribution in [2.45, 2.75) is 12.8 Å². The van der Waals surface area contributed by atoms with Crippen molar-refractivity contribution < 1.29 is 0 Å². The van der Waals surface area contributed by atoms with Crippen molar-refractivity contribution in [1.82, 2.24) is 4.98 Å². The van der Waals surface area contributed by atoms with Gasteiger partial charge in [-0.1, -0.05) is 0 Å². The Balaban J connectivity index is 2.19. The normalized spacial score (nSPS) is 20.4. The topological polar surface area (TPSA) is 66.0 Å². The maximum Gasteiger partial charge on any atom is 0.142 e. The summed E-state index contributed by atoms with van der Waals surface area (Å²) >= 11 is 6.91. The van der Waals surface area contributed by atoms with Crippen LogP contribution in [0.4, 0.5) is 5.82 Å². The predicted octanol–water partition coefficient (Wildman–Crippen LogP) is 2.76. The molecule has 1 aliphatic rings. The molecule has 1 aromatic heterocycles. The fourth-order valence-electron chi connectivity index (χ4n) is 2.06. The van der Waals surface area contributed by atoms with Crippen LogP contribution in [0.2, 0.25) is 0 Å². The maximum absolute atomic E-state index is 7.54. The highest BCUT2D eigenvalue weighted by atomic mass is 79.9. The Kier molecular flexibility index (Phi) is 4.04. The molecule has 0 bridgehead atoms. The Hall–Kier alpha value is -0.620. The molecule has 4 nitrogen and oxygen atoms in total. The first-order valence-corrected chi connectivity index (χ1v) is 7.06. The molecule has 1 fully saturated rings. The SMILES string of the molecule is N=C(N)C1CCCN(c2ncc(Br)cc2Br)C1. The molecule has 2 rings (SSSR count). The molecule has 3 N–H and O–H groups in total. The zero-order valence-corrected chi connectivity index (χ0v) is 12.5. The van der Waals surface area contributed by atoms with Crippen molar-refractivity contribution in [1.29, 1.82) is 5.41 Å². The third kappa shape index (κ3) is 2.98. The van der Waals surface area contributed by atoms with Crippen LogP contribution in [-0.4, -0.2) is 23.9 Å². The highest BCUT2D eigenvalue weighted by Gasteiger charge is 2.24. The summed E-state index contributed by atoms with van der Waals surface area (Å²) in [5.41, 5.74) is 5.59. The van der Waals surface area contributed by atoms with Crippen LogP contribution in [0.1, 0.15) is 12.8 Å². The first-order valence-electron chi connectivity index (χ1n) is 5.48. The van der Waals surface area contributed by atoms with Crippen molar-refractivity contribution in [3.63, 3.8) is 0 Å². The van der Waals surface area contributed by atoms with Gasteiger partial charge in [-0.2, -0.15) is 0 Å². The Morgan fingerprint density at radius 3 is 2.94 bits per heavy atom. The summed E-state index contributed by atoms with van der Waals surface area (Å²) in [7, 11) is 0. The third-order valence-electron chi connectivity index (χ3n) is 2.95. The second kappa shape index (κ2) is 5.35. The van der Waals surface area contributed by atoms with E-state index in [1.54, 1.807) is 6.20 Å². The molecule has 0 radical (unpaired) electrons. The molecule has 0 aromatic carbocycles. The van der Waals surface area contributed by atoms with Gasteiger partial charge in [-0.15, -0.1) is 0 Å². The van der Waals surface area contributed by atoms with Gasteiger partial charge in [0.25, 0.3) is 0 Å². The molecule has 92 valence electrons. The summed E-state index contributed by atoms with van der Waals surface area (Å²) in [6, 6.07) is 1.99. The molecule has 0 spiro atoms. The van der Waals surface area contributed by atoms with Crippen molar-refractivity contribution >= 4 is 43.5 Å². The molecule has 17 heavy (non-hydrogen) atoms. The summed E-state index contributed by atoms with van der Waals surface area (Å²) in [4.78, 5) is 6.60. The van der Waals surface area contributed by atoms with Gasteiger partial charge >= 0.3 is 0 Å². The molecule has 2 heterocycles. The van der Waals surface area contributed by atoms with Crippen LogP contribution in [0.25, 0.3) is 0 Å². The second-order valence-electron chi connectivity index (χ2n) is 4.20. The van der Waals surface area contributed by atoms with Gasteiger partial charge in [-0.05, 0) is 50.8 Å². The number of aromatic nitrogens is 1. The second-order valence-corrected chi connectivity index (χ2v) is 5.97. The van der Waals surface area contributed by atoms with Crippen molar-refractivity contribution in [3.8, 4) is 0 Å². The fourth-order valence-corrected chi connectivity index (χ4v) is 3.30. The lowest BCUT2D eigenvalue weighted by atomic mass is 9.97. The van der Waals surface area contributed by atoms with Crippen LogP contribution in [0, 0.1) is 11.3 Å². The molecular formula is C11H14Br2N4. The molecule has 1 unspecified atom stereocenters. The summed E-state index contributed by atoms with van der Waals surface area (Å²) in [5, 5.41) is 7.54. The largest absolute Gasteiger partial charge is 0.387 e. The monoisotopic (exact) mass is 360 g/mol. The average Bonchev–Trinajstić information content (AvgIpc) is 2.29. The number of hydrogen-bond donors (Lipinski definition) is 2. The van der Waals surface area contributed by atoms with E-state index >= 15 is 0 Å². The number of amidine groups is 1. The molecule has 0 aliphatic carbocycles. The Morgan fingerprint density at radius 1 is 1.53 bits per heavy atom. The Labute approximate surface area is 117 Å². The number of piperidine rings is 1. The first-order chi connectivity index (χ1) is 8.08. The summed E-state index contributed by atoms with van der Waals surface area (Å²) in [6.07, 6.45) is 3.84. The van der Waals surface area contributed by atoms with Gasteiger partial charge in [0, 0.05) is 29.7 Å². The minimum absolute atomic E-state index is 0.154. The number of nitrogens with one attached hydrogen (secondary N) is 1. The zero-order valence-electron chi connectivity index (χ0n) is 9.29. The number of hydrogen-bond acceptors (Lipinski definition) is 3. The van der Waals surface area contributed by atoms with Gasteiger partial charge in [0.1, 0.15) is 5.82 Å². The van der Waals surface area contributed by atoms with E-state index < -0.39 is 0 Å². The Bertz CT molecular complexity index is 435. The standard InChI is InChI=1S/C11H14Br2N4/c12-8-4-9(13)11(16-5-8)17-3-1-2-7(6-17)10(14)15/h4-5,7H,1-3,6H2,(H3,14,15). The van der Waals surface area contributed by atoms with Gasteiger partial charge < -0.3 is 10.6 Å². The third-order valence-corrected chi connectivity index (χ3v) is 3.97. The molecule has 1 saturated heterocycles. The lowest BCUT2D eigenvalue weighted by Crippen LogP contribution is -2.41. The van der Waals surface area contributed by atoms with Crippen molar-refractivity contribution in [3.05, 3.63) is 21.2 Å². The minimum Gasteiger partial charge on any atom is -0.387 e. The number of halogens is 2. The van der Waals surface area contributed by atoms with Crippen LogP contribution >= 0.6 is 31.9 Å². The van der Waals surface area contributed by atoms with Gasteiger partial charge in [0.15, 0.2) is 0 Å². The first kappa shape index (κ1) is 12.8. The summed E-state index contributed by atoms with van der Waals surface area (Å²) in [6.45, 7) is 1.75. The van der Waals surface area contributed by atoms with Crippen LogP contribution < -0.4 is 10.6 Å². The minimum atomic E-state index is 0.154. The van der Waals surface area contributed by atoms with Gasteiger partial charge in [0.2, 0.25) is 0 Å². The number of anilines is 1. The Morgan fingerprint density at radius 2 is 2.29 bits per heavy atom.